The number of carbonyl (C=O) groups excluding carboxylic acids is 2. The van der Waals surface area contributed by atoms with Crippen LogP contribution in [-0.4, -0.2) is 60.1 Å². The van der Waals surface area contributed by atoms with Gasteiger partial charge in [0.15, 0.2) is 0 Å². The number of anilines is 1. The van der Waals surface area contributed by atoms with Crippen molar-refractivity contribution in [3.8, 4) is 0 Å². The van der Waals surface area contributed by atoms with Crippen LogP contribution in [0.3, 0.4) is 0 Å². The first kappa shape index (κ1) is 17.1. The summed E-state index contributed by atoms with van der Waals surface area (Å²) in [4.78, 5) is 27.6. The molecule has 1 aliphatic rings. The maximum atomic E-state index is 12.2. The molecule has 0 radical (unpaired) electrons. The Kier molecular flexibility index (Phi) is 5.47. The topological polar surface area (TPSA) is 61.9 Å². The first-order valence-electron chi connectivity index (χ1n) is 7.90. The predicted octanol–water partition coefficient (Wildman–Crippen LogP) is 2.18. The Balaban J connectivity index is 1.75. The largest absolute Gasteiger partial charge is 0.444 e. The number of nitrogens with one attached hydrogen (secondary N) is 1. The third-order valence-corrected chi connectivity index (χ3v) is 3.50. The lowest BCUT2D eigenvalue weighted by Crippen LogP contribution is -2.52. The standard InChI is InChI=1S/C17H25N3O3/c1-17(2,3)23-16(22)20-11-9-19(10-12-20)15(21)13-18-14-7-5-4-6-8-14/h4-8,18H,9-13H2,1-3H3. The van der Waals surface area contributed by atoms with Crippen LogP contribution in [0.15, 0.2) is 30.3 Å². The van der Waals surface area contributed by atoms with Crippen molar-refractivity contribution < 1.29 is 14.3 Å². The highest BCUT2D eigenvalue weighted by atomic mass is 16.6. The van der Waals surface area contributed by atoms with Gasteiger partial charge in [-0.05, 0) is 32.9 Å². The highest BCUT2D eigenvalue weighted by Gasteiger charge is 2.27. The molecule has 1 heterocycles. The van der Waals surface area contributed by atoms with E-state index in [0.29, 0.717) is 26.2 Å². The Morgan fingerprint density at radius 3 is 2.17 bits per heavy atom. The maximum Gasteiger partial charge on any atom is 0.410 e. The van der Waals surface area contributed by atoms with Gasteiger partial charge in [-0.2, -0.15) is 0 Å². The molecule has 0 aliphatic carbocycles. The molecule has 0 bridgehead atoms. The third-order valence-electron chi connectivity index (χ3n) is 3.50. The highest BCUT2D eigenvalue weighted by Crippen LogP contribution is 2.12. The van der Waals surface area contributed by atoms with Crippen LogP contribution in [0.25, 0.3) is 0 Å². The fraction of sp³-hybridized carbons (Fsp3) is 0.529. The summed E-state index contributed by atoms with van der Waals surface area (Å²) in [6.07, 6.45) is -0.313. The Labute approximate surface area is 137 Å². The number of hydrogen-bond donors (Lipinski definition) is 1. The van der Waals surface area contributed by atoms with E-state index in [1.54, 1.807) is 9.80 Å². The molecule has 1 fully saturated rings. The first-order valence-corrected chi connectivity index (χ1v) is 7.90. The summed E-state index contributed by atoms with van der Waals surface area (Å²) in [7, 11) is 0. The number of carbonyl (C=O) groups is 2. The van der Waals surface area contributed by atoms with Crippen molar-refractivity contribution in [2.24, 2.45) is 0 Å². The van der Waals surface area contributed by atoms with Gasteiger partial charge in [-0.1, -0.05) is 18.2 Å². The van der Waals surface area contributed by atoms with Crippen molar-refractivity contribution in [1.29, 1.82) is 0 Å². The van der Waals surface area contributed by atoms with E-state index in [1.807, 2.05) is 51.1 Å². The van der Waals surface area contributed by atoms with Crippen molar-refractivity contribution in [2.75, 3.05) is 38.0 Å². The minimum absolute atomic E-state index is 0.0395. The van der Waals surface area contributed by atoms with E-state index in [1.165, 1.54) is 0 Å². The zero-order valence-corrected chi connectivity index (χ0v) is 14.0. The average molecular weight is 319 g/mol. The molecule has 2 amide bonds. The lowest BCUT2D eigenvalue weighted by atomic mass is 10.2. The number of para-hydroxylation sites is 1. The molecule has 1 aromatic rings. The molecule has 23 heavy (non-hydrogen) atoms. The molecule has 6 nitrogen and oxygen atoms in total. The van der Waals surface area contributed by atoms with Gasteiger partial charge in [0.25, 0.3) is 0 Å². The lowest BCUT2D eigenvalue weighted by Gasteiger charge is -2.35. The van der Waals surface area contributed by atoms with Gasteiger partial charge in [-0.15, -0.1) is 0 Å². The van der Waals surface area contributed by atoms with Crippen LogP contribution in [0, 0.1) is 0 Å². The van der Waals surface area contributed by atoms with Gasteiger partial charge in [0, 0.05) is 31.9 Å². The van der Waals surface area contributed by atoms with E-state index in [9.17, 15) is 9.59 Å². The molecule has 1 aromatic carbocycles. The molecule has 0 unspecified atom stereocenters. The van der Waals surface area contributed by atoms with Crippen LogP contribution in [0.5, 0.6) is 0 Å². The highest BCUT2D eigenvalue weighted by molar-refractivity contribution is 5.81. The third kappa shape index (κ3) is 5.47. The van der Waals surface area contributed by atoms with E-state index < -0.39 is 5.60 Å². The molecule has 0 spiro atoms. The van der Waals surface area contributed by atoms with Gasteiger partial charge in [-0.3, -0.25) is 4.79 Å². The van der Waals surface area contributed by atoms with Crippen molar-refractivity contribution in [3.05, 3.63) is 30.3 Å². The summed E-state index contributed by atoms with van der Waals surface area (Å²) in [5.41, 5.74) is 0.428. The van der Waals surface area contributed by atoms with Gasteiger partial charge in [0.1, 0.15) is 5.60 Å². The number of amides is 2. The summed E-state index contributed by atoms with van der Waals surface area (Å²) in [6.45, 7) is 7.89. The molecular formula is C17H25N3O3. The monoisotopic (exact) mass is 319 g/mol. The number of rotatable bonds is 3. The zero-order chi connectivity index (χ0) is 16.9. The number of piperazine rings is 1. The van der Waals surface area contributed by atoms with Crippen LogP contribution in [0.1, 0.15) is 20.8 Å². The Morgan fingerprint density at radius 2 is 1.61 bits per heavy atom. The molecule has 1 aliphatic heterocycles. The summed E-state index contributed by atoms with van der Waals surface area (Å²) in [6, 6.07) is 9.63. The van der Waals surface area contributed by atoms with E-state index >= 15 is 0 Å². The summed E-state index contributed by atoms with van der Waals surface area (Å²) in [5, 5.41) is 3.11. The van der Waals surface area contributed by atoms with E-state index in [2.05, 4.69) is 5.32 Å². The normalized spacial score (nSPS) is 15.3. The molecule has 0 saturated carbocycles. The predicted molar refractivity (Wildman–Crippen MR) is 89.3 cm³/mol. The SMILES string of the molecule is CC(C)(C)OC(=O)N1CCN(C(=O)CNc2ccccc2)CC1. The Bertz CT molecular complexity index is 532. The Hall–Kier alpha value is -2.24. The molecule has 0 atom stereocenters. The van der Waals surface area contributed by atoms with Gasteiger partial charge < -0.3 is 19.9 Å². The molecule has 1 saturated heterocycles. The molecule has 126 valence electrons. The minimum atomic E-state index is -0.496. The van der Waals surface area contributed by atoms with E-state index in [4.69, 9.17) is 4.74 Å². The summed E-state index contributed by atoms with van der Waals surface area (Å²) in [5.74, 6) is 0.0395. The van der Waals surface area contributed by atoms with Crippen molar-refractivity contribution >= 4 is 17.7 Å². The lowest BCUT2D eigenvalue weighted by molar-refractivity contribution is -0.131. The van der Waals surface area contributed by atoms with Crippen LogP contribution in [0.4, 0.5) is 10.5 Å². The van der Waals surface area contributed by atoms with E-state index in [0.717, 1.165) is 5.69 Å². The van der Waals surface area contributed by atoms with Crippen LogP contribution >= 0.6 is 0 Å². The molecule has 0 aromatic heterocycles. The summed E-state index contributed by atoms with van der Waals surface area (Å²) < 4.78 is 5.35. The van der Waals surface area contributed by atoms with Crippen LogP contribution in [-0.2, 0) is 9.53 Å². The van der Waals surface area contributed by atoms with Gasteiger partial charge in [0.2, 0.25) is 5.91 Å². The van der Waals surface area contributed by atoms with Crippen LogP contribution < -0.4 is 5.32 Å². The van der Waals surface area contributed by atoms with Gasteiger partial charge >= 0.3 is 6.09 Å². The quantitative estimate of drug-likeness (QED) is 0.927. The number of ether oxygens (including phenoxy) is 1. The maximum absolute atomic E-state index is 12.2. The van der Waals surface area contributed by atoms with E-state index in [-0.39, 0.29) is 18.5 Å². The minimum Gasteiger partial charge on any atom is -0.444 e. The van der Waals surface area contributed by atoms with Crippen molar-refractivity contribution in [2.45, 2.75) is 26.4 Å². The zero-order valence-electron chi connectivity index (χ0n) is 14.0. The van der Waals surface area contributed by atoms with Crippen molar-refractivity contribution in [3.63, 3.8) is 0 Å². The molecule has 1 N–H and O–H groups in total. The fourth-order valence-electron chi connectivity index (χ4n) is 2.31. The van der Waals surface area contributed by atoms with Gasteiger partial charge in [-0.25, -0.2) is 4.79 Å². The molecule has 6 heteroatoms. The number of benzene rings is 1. The smallest absolute Gasteiger partial charge is 0.410 e. The van der Waals surface area contributed by atoms with Gasteiger partial charge in [0.05, 0.1) is 6.54 Å². The second-order valence-corrected chi connectivity index (χ2v) is 6.57. The second-order valence-electron chi connectivity index (χ2n) is 6.57. The molecular weight excluding hydrogens is 294 g/mol. The molecule has 2 rings (SSSR count). The van der Waals surface area contributed by atoms with Crippen LogP contribution in [0.2, 0.25) is 0 Å². The first-order chi connectivity index (χ1) is 10.8. The number of nitrogens with zero attached hydrogens (tertiary/aromatic N) is 2. The average Bonchev–Trinajstić information content (AvgIpc) is 2.52. The summed E-state index contributed by atoms with van der Waals surface area (Å²) >= 11 is 0. The number of hydrogen-bond acceptors (Lipinski definition) is 4. The fourth-order valence-corrected chi connectivity index (χ4v) is 2.31. The Morgan fingerprint density at radius 1 is 1.04 bits per heavy atom. The second kappa shape index (κ2) is 7.35. The van der Waals surface area contributed by atoms with Crippen molar-refractivity contribution in [1.82, 2.24) is 9.80 Å².